The number of alkyl halides is 1. The van der Waals surface area contributed by atoms with Crippen LogP contribution in [0.4, 0.5) is 5.69 Å². The molecule has 1 saturated heterocycles. The van der Waals surface area contributed by atoms with Gasteiger partial charge in [0.25, 0.3) is 0 Å². The topological polar surface area (TPSA) is 91.4 Å². The molecule has 0 saturated carbocycles. The van der Waals surface area contributed by atoms with Gasteiger partial charge in [-0.25, -0.2) is 13.4 Å². The van der Waals surface area contributed by atoms with Gasteiger partial charge in [0.15, 0.2) is 0 Å². The Balaban J connectivity index is 1.42. The number of carbonyl (C=O) groups is 1. The Labute approximate surface area is 227 Å². The van der Waals surface area contributed by atoms with Crippen molar-refractivity contribution in [3.8, 4) is 0 Å². The van der Waals surface area contributed by atoms with Gasteiger partial charge in [-0.2, -0.15) is 4.72 Å². The van der Waals surface area contributed by atoms with Crippen LogP contribution in [0.2, 0.25) is 0 Å². The third-order valence-corrected chi connectivity index (χ3v) is 10.1. The van der Waals surface area contributed by atoms with E-state index in [1.54, 1.807) is 17.0 Å². The standard InChI is InChI=1S/C27H33ClN4O3S2/c1-18-15-20-5-4-8-24(26(20)29-17-18)37(34,35)31-22(16-25-30-21-6-2-3-7-23(21)36-25)27(33)32-13-10-19(9-12-28)11-14-32/h2-8,18-19,22,29,31H,9-17H2,1H3/t18?,22-/m0/s1. The molecule has 3 aromatic rings. The zero-order chi connectivity index (χ0) is 26.0. The van der Waals surface area contributed by atoms with Crippen molar-refractivity contribution in [3.05, 3.63) is 53.0 Å². The number of benzene rings is 2. The second-order valence-electron chi connectivity index (χ2n) is 10.2. The number of nitrogens with zero attached hydrogens (tertiary/aromatic N) is 2. The maximum absolute atomic E-state index is 13.8. The first-order valence-corrected chi connectivity index (χ1v) is 15.7. The normalized spacial score (nSPS) is 19.4. The van der Waals surface area contributed by atoms with Crippen molar-refractivity contribution < 1.29 is 13.2 Å². The van der Waals surface area contributed by atoms with Gasteiger partial charge in [0.1, 0.15) is 10.9 Å². The van der Waals surface area contributed by atoms with E-state index in [0.717, 1.165) is 46.5 Å². The Hall–Kier alpha value is -2.20. The molecule has 2 aliphatic heterocycles. The molecule has 37 heavy (non-hydrogen) atoms. The van der Waals surface area contributed by atoms with E-state index in [9.17, 15) is 13.2 Å². The third-order valence-electron chi connectivity index (χ3n) is 7.35. The van der Waals surface area contributed by atoms with Crippen molar-refractivity contribution in [2.24, 2.45) is 11.8 Å². The molecule has 0 radical (unpaired) electrons. The molecule has 2 aromatic carbocycles. The van der Waals surface area contributed by atoms with Crippen LogP contribution in [0.5, 0.6) is 0 Å². The number of amides is 1. The number of hydrogen-bond acceptors (Lipinski definition) is 6. The number of aromatic nitrogens is 1. The number of anilines is 1. The third kappa shape index (κ3) is 5.95. The van der Waals surface area contributed by atoms with Gasteiger partial charge >= 0.3 is 0 Å². The van der Waals surface area contributed by atoms with E-state index in [4.69, 9.17) is 11.6 Å². The smallest absolute Gasteiger partial charge is 0.243 e. The molecule has 3 heterocycles. The predicted octanol–water partition coefficient (Wildman–Crippen LogP) is 4.66. The van der Waals surface area contributed by atoms with Gasteiger partial charge in [0, 0.05) is 31.9 Å². The molecule has 0 bridgehead atoms. The number of halogens is 1. The summed E-state index contributed by atoms with van der Waals surface area (Å²) in [6.45, 7) is 4.07. The Morgan fingerprint density at radius 3 is 2.76 bits per heavy atom. The van der Waals surface area contributed by atoms with Crippen LogP contribution in [0.1, 0.15) is 36.8 Å². The maximum Gasteiger partial charge on any atom is 0.243 e. The van der Waals surface area contributed by atoms with Crippen molar-refractivity contribution in [2.75, 3.05) is 30.8 Å². The van der Waals surface area contributed by atoms with Gasteiger partial charge in [-0.1, -0.05) is 31.2 Å². The number of likely N-dealkylation sites (tertiary alicyclic amines) is 1. The Morgan fingerprint density at radius 1 is 1.22 bits per heavy atom. The molecular formula is C27H33ClN4O3S2. The van der Waals surface area contributed by atoms with Crippen LogP contribution in [-0.2, 0) is 27.7 Å². The fourth-order valence-corrected chi connectivity index (χ4v) is 8.06. The summed E-state index contributed by atoms with van der Waals surface area (Å²) in [5, 5.41) is 4.04. The Kier molecular flexibility index (Phi) is 8.04. The van der Waals surface area contributed by atoms with Crippen LogP contribution in [0.25, 0.3) is 10.2 Å². The van der Waals surface area contributed by atoms with E-state index in [-0.39, 0.29) is 17.2 Å². The number of thiazole rings is 1. The van der Waals surface area contributed by atoms with E-state index in [0.29, 0.717) is 43.0 Å². The van der Waals surface area contributed by atoms with Crippen LogP contribution in [-0.4, -0.2) is 55.8 Å². The van der Waals surface area contributed by atoms with Crippen molar-refractivity contribution in [1.29, 1.82) is 0 Å². The summed E-state index contributed by atoms with van der Waals surface area (Å²) < 4.78 is 31.3. The summed E-state index contributed by atoms with van der Waals surface area (Å²) in [5.41, 5.74) is 2.48. The molecule has 10 heteroatoms. The van der Waals surface area contributed by atoms with Crippen molar-refractivity contribution in [1.82, 2.24) is 14.6 Å². The molecule has 2 atom stereocenters. The highest BCUT2D eigenvalue weighted by Crippen LogP contribution is 2.32. The van der Waals surface area contributed by atoms with Crippen LogP contribution >= 0.6 is 22.9 Å². The Morgan fingerprint density at radius 2 is 2.00 bits per heavy atom. The average molecular weight is 561 g/mol. The Bertz CT molecular complexity index is 1340. The molecule has 1 fully saturated rings. The number of hydrogen-bond donors (Lipinski definition) is 2. The molecule has 2 aliphatic rings. The molecule has 1 aromatic heterocycles. The zero-order valence-corrected chi connectivity index (χ0v) is 23.3. The lowest BCUT2D eigenvalue weighted by Crippen LogP contribution is -2.51. The first-order valence-electron chi connectivity index (χ1n) is 12.9. The molecule has 0 spiro atoms. The summed E-state index contributed by atoms with van der Waals surface area (Å²) in [5.74, 6) is 1.35. The monoisotopic (exact) mass is 560 g/mol. The summed E-state index contributed by atoms with van der Waals surface area (Å²) in [4.78, 5) is 20.4. The number of nitrogens with one attached hydrogen (secondary N) is 2. The van der Waals surface area contributed by atoms with Crippen LogP contribution in [0.15, 0.2) is 47.4 Å². The zero-order valence-electron chi connectivity index (χ0n) is 21.0. The maximum atomic E-state index is 13.8. The van der Waals surface area contributed by atoms with Gasteiger partial charge in [0.2, 0.25) is 15.9 Å². The minimum absolute atomic E-state index is 0.194. The van der Waals surface area contributed by atoms with Crippen LogP contribution in [0, 0.1) is 11.8 Å². The van der Waals surface area contributed by atoms with Crippen LogP contribution in [0.3, 0.4) is 0 Å². The molecule has 0 aliphatic carbocycles. The number of rotatable bonds is 8. The number of para-hydroxylation sites is 2. The first-order chi connectivity index (χ1) is 17.8. The fourth-order valence-electron chi connectivity index (χ4n) is 5.32. The van der Waals surface area contributed by atoms with Crippen molar-refractivity contribution in [2.45, 2.75) is 50.0 Å². The fraction of sp³-hybridized carbons (Fsp3) is 0.481. The second kappa shape index (κ2) is 11.3. The number of fused-ring (bicyclic) bond motifs is 2. The number of carbonyl (C=O) groups excluding carboxylic acids is 1. The summed E-state index contributed by atoms with van der Waals surface area (Å²) in [6.07, 6.45) is 3.73. The van der Waals surface area contributed by atoms with E-state index >= 15 is 0 Å². The highest BCUT2D eigenvalue weighted by Gasteiger charge is 2.34. The number of piperidine rings is 1. The minimum Gasteiger partial charge on any atom is -0.383 e. The first kappa shape index (κ1) is 26.4. The molecule has 1 unspecified atom stereocenters. The van der Waals surface area contributed by atoms with Gasteiger partial charge in [0.05, 0.1) is 20.9 Å². The van der Waals surface area contributed by atoms with E-state index in [2.05, 4.69) is 21.9 Å². The lowest BCUT2D eigenvalue weighted by atomic mass is 9.94. The summed E-state index contributed by atoms with van der Waals surface area (Å²) in [7, 11) is -3.97. The largest absolute Gasteiger partial charge is 0.383 e. The summed E-state index contributed by atoms with van der Waals surface area (Å²) in [6, 6.07) is 12.2. The van der Waals surface area contributed by atoms with Crippen molar-refractivity contribution >= 4 is 54.8 Å². The van der Waals surface area contributed by atoms with Gasteiger partial charge in [-0.15, -0.1) is 22.9 Å². The highest BCUT2D eigenvalue weighted by molar-refractivity contribution is 7.89. The quantitative estimate of drug-likeness (QED) is 0.391. The lowest BCUT2D eigenvalue weighted by Gasteiger charge is -2.34. The van der Waals surface area contributed by atoms with Gasteiger partial charge in [-0.05, 0) is 61.3 Å². The molecular weight excluding hydrogens is 528 g/mol. The van der Waals surface area contributed by atoms with Gasteiger partial charge in [-0.3, -0.25) is 4.79 Å². The van der Waals surface area contributed by atoms with Crippen LogP contribution < -0.4 is 10.0 Å². The molecule has 5 rings (SSSR count). The average Bonchev–Trinajstić information content (AvgIpc) is 3.30. The molecule has 2 N–H and O–H groups in total. The molecule has 7 nitrogen and oxygen atoms in total. The predicted molar refractivity (Wildman–Crippen MR) is 150 cm³/mol. The van der Waals surface area contributed by atoms with E-state index in [1.165, 1.54) is 11.3 Å². The number of sulfonamides is 1. The highest BCUT2D eigenvalue weighted by atomic mass is 35.5. The lowest BCUT2D eigenvalue weighted by molar-refractivity contribution is -0.134. The summed E-state index contributed by atoms with van der Waals surface area (Å²) >= 11 is 7.43. The molecule has 1 amide bonds. The van der Waals surface area contributed by atoms with Crippen molar-refractivity contribution in [3.63, 3.8) is 0 Å². The molecule has 198 valence electrons. The SMILES string of the molecule is CC1CNc2c(cccc2S(=O)(=O)N[C@@H](Cc2nc3ccccc3s2)C(=O)N2CCC(CCCl)CC2)C1. The minimum atomic E-state index is -3.97. The van der Waals surface area contributed by atoms with E-state index in [1.807, 2.05) is 30.3 Å². The van der Waals surface area contributed by atoms with Gasteiger partial charge < -0.3 is 10.2 Å². The second-order valence-corrected chi connectivity index (χ2v) is 13.4. The van der Waals surface area contributed by atoms with E-state index < -0.39 is 16.1 Å².